The van der Waals surface area contributed by atoms with Crippen LogP contribution in [-0.4, -0.2) is 4.98 Å². The normalized spacial score (nSPS) is 12.4. The number of halogens is 3. The van der Waals surface area contributed by atoms with Gasteiger partial charge in [-0.05, 0) is 51.7 Å². The van der Waals surface area contributed by atoms with Crippen LogP contribution >= 0.6 is 43.5 Å². The van der Waals surface area contributed by atoms with Gasteiger partial charge in [-0.25, -0.2) is 0 Å². The van der Waals surface area contributed by atoms with Crippen LogP contribution in [0.1, 0.15) is 17.2 Å². The van der Waals surface area contributed by atoms with Gasteiger partial charge in [0, 0.05) is 26.4 Å². The van der Waals surface area contributed by atoms with Gasteiger partial charge in [-0.2, -0.15) is 0 Å². The lowest BCUT2D eigenvalue weighted by Gasteiger charge is -2.17. The molecule has 0 fully saturated rings. The second-order valence-electron chi connectivity index (χ2n) is 4.10. The van der Waals surface area contributed by atoms with Crippen molar-refractivity contribution >= 4 is 43.5 Å². The number of hydrogen-bond donors (Lipinski definition) is 2. The first-order valence-corrected chi connectivity index (χ1v) is 7.57. The molecule has 0 radical (unpaired) electrons. The smallest absolute Gasteiger partial charge is 0.0516 e. The van der Waals surface area contributed by atoms with E-state index < -0.39 is 0 Å². The van der Waals surface area contributed by atoms with E-state index in [1.807, 2.05) is 24.3 Å². The summed E-state index contributed by atoms with van der Waals surface area (Å²) in [5.41, 5.74) is 4.85. The standard InChI is InChI=1S/C13H12Br2ClN3/c14-10-2-1-8(12(16)5-10)4-13(19-17)9-3-11(15)7-18-6-9/h1-3,5-7,13,19H,4,17H2. The third kappa shape index (κ3) is 4.00. The molecule has 0 aliphatic heterocycles. The van der Waals surface area contributed by atoms with Gasteiger partial charge in [0.2, 0.25) is 0 Å². The Morgan fingerprint density at radius 2 is 2.00 bits per heavy atom. The highest BCUT2D eigenvalue weighted by molar-refractivity contribution is 9.10. The monoisotopic (exact) mass is 403 g/mol. The molecule has 1 aromatic heterocycles. The van der Waals surface area contributed by atoms with Crippen molar-refractivity contribution in [1.29, 1.82) is 0 Å². The summed E-state index contributed by atoms with van der Waals surface area (Å²) in [6.45, 7) is 0. The molecule has 1 heterocycles. The number of rotatable bonds is 4. The topological polar surface area (TPSA) is 50.9 Å². The van der Waals surface area contributed by atoms with Gasteiger partial charge in [0.1, 0.15) is 0 Å². The predicted molar refractivity (Wildman–Crippen MR) is 84.9 cm³/mol. The fraction of sp³-hybridized carbons (Fsp3) is 0.154. The fourth-order valence-electron chi connectivity index (χ4n) is 1.80. The molecule has 0 spiro atoms. The van der Waals surface area contributed by atoms with Crippen molar-refractivity contribution < 1.29 is 0 Å². The molecule has 2 aromatic rings. The zero-order chi connectivity index (χ0) is 13.8. The third-order valence-electron chi connectivity index (χ3n) is 2.77. The molecule has 0 aliphatic rings. The molecule has 0 saturated carbocycles. The van der Waals surface area contributed by atoms with Crippen LogP contribution in [0.25, 0.3) is 0 Å². The lowest BCUT2D eigenvalue weighted by Crippen LogP contribution is -2.29. The summed E-state index contributed by atoms with van der Waals surface area (Å²) in [6.07, 6.45) is 4.23. The second kappa shape index (κ2) is 6.81. The Balaban J connectivity index is 2.24. The molecular formula is C13H12Br2ClN3. The zero-order valence-electron chi connectivity index (χ0n) is 9.91. The first kappa shape index (κ1) is 14.9. The number of aromatic nitrogens is 1. The summed E-state index contributed by atoms with van der Waals surface area (Å²) >= 11 is 13.0. The van der Waals surface area contributed by atoms with Crippen molar-refractivity contribution in [3.05, 3.63) is 61.8 Å². The molecule has 1 aromatic carbocycles. The maximum absolute atomic E-state index is 6.23. The van der Waals surface area contributed by atoms with Crippen molar-refractivity contribution in [3.8, 4) is 0 Å². The van der Waals surface area contributed by atoms with Crippen molar-refractivity contribution in [1.82, 2.24) is 10.4 Å². The van der Waals surface area contributed by atoms with Crippen LogP contribution in [0.2, 0.25) is 5.02 Å². The molecule has 1 atom stereocenters. The van der Waals surface area contributed by atoms with Gasteiger partial charge in [-0.15, -0.1) is 0 Å². The van der Waals surface area contributed by atoms with E-state index in [0.717, 1.165) is 25.1 Å². The highest BCUT2D eigenvalue weighted by atomic mass is 79.9. The van der Waals surface area contributed by atoms with E-state index in [0.29, 0.717) is 6.42 Å². The van der Waals surface area contributed by atoms with E-state index in [4.69, 9.17) is 17.4 Å². The predicted octanol–water partition coefficient (Wildman–Crippen LogP) is 4.01. The van der Waals surface area contributed by atoms with Crippen molar-refractivity contribution in [2.75, 3.05) is 0 Å². The van der Waals surface area contributed by atoms with Gasteiger partial charge in [-0.1, -0.05) is 33.6 Å². The van der Waals surface area contributed by atoms with Crippen LogP contribution in [0, 0.1) is 0 Å². The number of nitrogens with one attached hydrogen (secondary N) is 1. The first-order valence-electron chi connectivity index (χ1n) is 5.60. The Labute approximate surface area is 133 Å². The Morgan fingerprint density at radius 3 is 2.63 bits per heavy atom. The van der Waals surface area contributed by atoms with Crippen LogP contribution in [0.5, 0.6) is 0 Å². The molecule has 3 nitrogen and oxygen atoms in total. The van der Waals surface area contributed by atoms with Gasteiger partial charge in [0.25, 0.3) is 0 Å². The summed E-state index contributed by atoms with van der Waals surface area (Å²) < 4.78 is 1.88. The van der Waals surface area contributed by atoms with Crippen molar-refractivity contribution in [2.45, 2.75) is 12.5 Å². The average Bonchev–Trinajstić information content (AvgIpc) is 2.38. The number of pyridine rings is 1. The van der Waals surface area contributed by atoms with Gasteiger partial charge >= 0.3 is 0 Å². The number of nitrogens with zero attached hydrogens (tertiary/aromatic N) is 1. The minimum Gasteiger partial charge on any atom is -0.271 e. The third-order valence-corrected chi connectivity index (χ3v) is 4.05. The van der Waals surface area contributed by atoms with E-state index in [2.05, 4.69) is 42.3 Å². The molecule has 0 aliphatic carbocycles. The van der Waals surface area contributed by atoms with Crippen molar-refractivity contribution in [2.24, 2.45) is 5.84 Å². The molecule has 6 heteroatoms. The number of hydrazine groups is 1. The molecular weight excluding hydrogens is 393 g/mol. The lowest BCUT2D eigenvalue weighted by molar-refractivity contribution is 0.550. The minimum atomic E-state index is -0.0383. The van der Waals surface area contributed by atoms with E-state index in [1.165, 1.54) is 0 Å². The van der Waals surface area contributed by atoms with Gasteiger partial charge in [0.05, 0.1) is 6.04 Å². The average molecular weight is 406 g/mol. The first-order chi connectivity index (χ1) is 9.10. The number of nitrogens with two attached hydrogens (primary N) is 1. The molecule has 1 unspecified atom stereocenters. The molecule has 100 valence electrons. The van der Waals surface area contributed by atoms with Gasteiger partial charge in [0.15, 0.2) is 0 Å². The Bertz CT molecular complexity index is 578. The van der Waals surface area contributed by atoms with Crippen LogP contribution in [-0.2, 0) is 6.42 Å². The fourth-order valence-corrected chi connectivity index (χ4v) is 2.93. The minimum absolute atomic E-state index is 0.0383. The second-order valence-corrected chi connectivity index (χ2v) is 6.33. The molecule has 3 N–H and O–H groups in total. The quantitative estimate of drug-likeness (QED) is 0.597. The summed E-state index contributed by atoms with van der Waals surface area (Å²) in [5.74, 6) is 5.64. The zero-order valence-corrected chi connectivity index (χ0v) is 13.8. The van der Waals surface area contributed by atoms with E-state index in [1.54, 1.807) is 12.4 Å². The Morgan fingerprint density at radius 1 is 1.21 bits per heavy atom. The summed E-state index contributed by atoms with van der Waals surface area (Å²) in [5, 5.41) is 0.720. The van der Waals surface area contributed by atoms with E-state index in [-0.39, 0.29) is 6.04 Å². The molecule has 0 saturated heterocycles. The SMILES string of the molecule is NNC(Cc1ccc(Br)cc1Cl)c1cncc(Br)c1. The summed E-state index contributed by atoms with van der Waals surface area (Å²) in [6, 6.07) is 7.79. The molecule has 0 amide bonds. The van der Waals surface area contributed by atoms with E-state index >= 15 is 0 Å². The van der Waals surface area contributed by atoms with Gasteiger partial charge in [-0.3, -0.25) is 16.3 Å². The molecule has 0 bridgehead atoms. The highest BCUT2D eigenvalue weighted by Gasteiger charge is 2.13. The highest BCUT2D eigenvalue weighted by Crippen LogP contribution is 2.26. The Hall–Kier alpha value is -0.460. The summed E-state index contributed by atoms with van der Waals surface area (Å²) in [4.78, 5) is 4.15. The van der Waals surface area contributed by atoms with E-state index in [9.17, 15) is 0 Å². The largest absolute Gasteiger partial charge is 0.271 e. The van der Waals surface area contributed by atoms with Crippen LogP contribution in [0.3, 0.4) is 0 Å². The molecule has 19 heavy (non-hydrogen) atoms. The number of benzene rings is 1. The maximum Gasteiger partial charge on any atom is 0.0516 e. The molecule has 2 rings (SSSR count). The summed E-state index contributed by atoms with van der Waals surface area (Å²) in [7, 11) is 0. The van der Waals surface area contributed by atoms with Crippen LogP contribution in [0.15, 0.2) is 45.6 Å². The van der Waals surface area contributed by atoms with Crippen molar-refractivity contribution in [3.63, 3.8) is 0 Å². The lowest BCUT2D eigenvalue weighted by atomic mass is 10.0. The maximum atomic E-state index is 6.23. The Kier molecular flexibility index (Phi) is 5.36. The van der Waals surface area contributed by atoms with Gasteiger partial charge < -0.3 is 0 Å². The van der Waals surface area contributed by atoms with Crippen LogP contribution < -0.4 is 11.3 Å². The number of hydrogen-bond acceptors (Lipinski definition) is 3. The van der Waals surface area contributed by atoms with Crippen LogP contribution in [0.4, 0.5) is 0 Å².